The van der Waals surface area contributed by atoms with E-state index in [2.05, 4.69) is 99.6 Å². The van der Waals surface area contributed by atoms with Gasteiger partial charge < -0.3 is 0 Å². The molecular weight excluding hydrogens is 412 g/mol. The Kier molecular flexibility index (Phi) is 6.66. The second-order valence-electron chi connectivity index (χ2n) is 11.7. The summed E-state index contributed by atoms with van der Waals surface area (Å²) in [7, 11) is 0.806. The Morgan fingerprint density at radius 3 is 1.88 bits per heavy atom. The fourth-order valence-electron chi connectivity index (χ4n) is 5.64. The fourth-order valence-corrected chi connectivity index (χ4v) is 7.50. The predicted molar refractivity (Wildman–Crippen MR) is 148 cm³/mol. The van der Waals surface area contributed by atoms with E-state index >= 15 is 0 Å². The molecule has 0 heterocycles. The maximum Gasteiger partial charge on any atom is 0.0952 e. The lowest BCUT2D eigenvalue weighted by Crippen LogP contribution is -2.14. The van der Waals surface area contributed by atoms with Gasteiger partial charge in [0.05, 0.1) is 9.52 Å². The maximum absolute atomic E-state index is 2.51. The number of allylic oxidation sites excluding steroid dienone is 2. The Morgan fingerprint density at radius 1 is 0.727 bits per heavy atom. The summed E-state index contributed by atoms with van der Waals surface area (Å²) in [5.41, 5.74) is 16.0. The Balaban J connectivity index is 1.81. The molecule has 4 rings (SSSR count). The topological polar surface area (TPSA) is 0 Å². The molecule has 0 amide bonds. The fraction of sp³-hybridized carbons (Fsp3) is 0.500. The van der Waals surface area contributed by atoms with Crippen molar-refractivity contribution in [2.24, 2.45) is 0 Å². The molecule has 0 spiro atoms. The molecule has 2 aliphatic carbocycles. The average molecular weight is 455 g/mol. The van der Waals surface area contributed by atoms with Crippen LogP contribution in [0.3, 0.4) is 0 Å². The monoisotopic (exact) mass is 454 g/mol. The van der Waals surface area contributed by atoms with Crippen molar-refractivity contribution in [2.45, 2.75) is 105 Å². The van der Waals surface area contributed by atoms with Crippen molar-refractivity contribution in [3.05, 3.63) is 79.9 Å². The van der Waals surface area contributed by atoms with Gasteiger partial charge in [0.2, 0.25) is 0 Å². The van der Waals surface area contributed by atoms with Crippen molar-refractivity contribution in [1.82, 2.24) is 0 Å². The average Bonchev–Trinajstić information content (AvgIpc) is 3.22. The van der Waals surface area contributed by atoms with Crippen LogP contribution in [0.25, 0.3) is 11.3 Å². The molecule has 2 radical (unpaired) electrons. The third-order valence-electron chi connectivity index (χ3n) is 7.66. The lowest BCUT2D eigenvalue weighted by Gasteiger charge is -2.24. The van der Waals surface area contributed by atoms with Gasteiger partial charge in [-0.1, -0.05) is 102 Å². The summed E-state index contributed by atoms with van der Waals surface area (Å²) >= 11 is 0. The van der Waals surface area contributed by atoms with Crippen molar-refractivity contribution in [3.63, 3.8) is 0 Å². The SMILES string of the molecule is CC1=Cc2cc(C(C)C)cc(C(C)C)c2C1[Si]C1=C(C)Cc2cc(C(C)C)cc(C(C)C)c21. The van der Waals surface area contributed by atoms with Crippen LogP contribution in [0, 0.1) is 0 Å². The third-order valence-corrected chi connectivity index (χ3v) is 9.66. The molecular formula is C32H42Si. The van der Waals surface area contributed by atoms with Crippen LogP contribution in [0.5, 0.6) is 0 Å². The molecule has 33 heavy (non-hydrogen) atoms. The van der Waals surface area contributed by atoms with E-state index in [0.717, 1.165) is 15.9 Å². The van der Waals surface area contributed by atoms with E-state index in [-0.39, 0.29) is 0 Å². The van der Waals surface area contributed by atoms with Crippen LogP contribution in [-0.4, -0.2) is 9.52 Å². The highest BCUT2D eigenvalue weighted by Gasteiger charge is 2.33. The number of hydrogen-bond acceptors (Lipinski definition) is 0. The minimum Gasteiger partial charge on any atom is -0.0695 e. The zero-order valence-corrected chi connectivity index (χ0v) is 23.5. The predicted octanol–water partition coefficient (Wildman–Crippen LogP) is 9.33. The molecule has 2 aliphatic rings. The van der Waals surface area contributed by atoms with Crippen LogP contribution < -0.4 is 0 Å². The highest BCUT2D eigenvalue weighted by atomic mass is 28.2. The summed E-state index contributed by atoms with van der Waals surface area (Å²) in [6, 6.07) is 10.00. The Bertz CT molecular complexity index is 1140. The molecule has 0 fully saturated rings. The highest BCUT2D eigenvalue weighted by molar-refractivity contribution is 6.64. The minimum absolute atomic E-state index is 0.527. The summed E-state index contributed by atoms with van der Waals surface area (Å²) in [6.45, 7) is 23.5. The Morgan fingerprint density at radius 2 is 1.30 bits per heavy atom. The van der Waals surface area contributed by atoms with Gasteiger partial charge in [-0.05, 0) is 88.4 Å². The van der Waals surface area contributed by atoms with Crippen molar-refractivity contribution >= 4 is 20.8 Å². The zero-order valence-electron chi connectivity index (χ0n) is 22.5. The van der Waals surface area contributed by atoms with Crippen LogP contribution in [0.1, 0.15) is 143 Å². The molecule has 1 heteroatoms. The first kappa shape index (κ1) is 24.3. The van der Waals surface area contributed by atoms with Crippen LogP contribution in [0.15, 0.2) is 35.4 Å². The Hall–Kier alpha value is -1.86. The molecule has 2 aromatic rings. The molecule has 1 atom stereocenters. The number of benzene rings is 2. The van der Waals surface area contributed by atoms with E-state index in [0.29, 0.717) is 29.2 Å². The van der Waals surface area contributed by atoms with Gasteiger partial charge in [0.25, 0.3) is 0 Å². The second kappa shape index (κ2) is 9.06. The van der Waals surface area contributed by atoms with Crippen LogP contribution in [0.2, 0.25) is 0 Å². The first-order valence-corrected chi connectivity index (χ1v) is 14.1. The van der Waals surface area contributed by atoms with Crippen molar-refractivity contribution in [3.8, 4) is 0 Å². The molecule has 0 N–H and O–H groups in total. The second-order valence-corrected chi connectivity index (χ2v) is 13.0. The summed E-state index contributed by atoms with van der Waals surface area (Å²) in [5.74, 6) is 2.25. The Labute approximate surface area is 205 Å². The molecule has 174 valence electrons. The van der Waals surface area contributed by atoms with E-state index < -0.39 is 0 Å². The van der Waals surface area contributed by atoms with Gasteiger partial charge in [-0.2, -0.15) is 0 Å². The summed E-state index contributed by atoms with van der Waals surface area (Å²) in [4.78, 5) is 0. The van der Waals surface area contributed by atoms with Crippen LogP contribution in [0.4, 0.5) is 0 Å². The number of rotatable bonds is 6. The molecule has 0 nitrogen and oxygen atoms in total. The van der Waals surface area contributed by atoms with Gasteiger partial charge in [-0.3, -0.25) is 0 Å². The lowest BCUT2D eigenvalue weighted by molar-refractivity contribution is 0.819. The zero-order chi connectivity index (χ0) is 24.2. The smallest absolute Gasteiger partial charge is 0.0695 e. The van der Waals surface area contributed by atoms with E-state index in [4.69, 9.17) is 0 Å². The van der Waals surface area contributed by atoms with Gasteiger partial charge >= 0.3 is 0 Å². The van der Waals surface area contributed by atoms with E-state index in [1.54, 1.807) is 44.2 Å². The van der Waals surface area contributed by atoms with Crippen LogP contribution >= 0.6 is 0 Å². The quantitative estimate of drug-likeness (QED) is 0.381. The minimum atomic E-state index is 0.527. The van der Waals surface area contributed by atoms with Crippen molar-refractivity contribution in [2.75, 3.05) is 0 Å². The first-order chi connectivity index (χ1) is 15.5. The van der Waals surface area contributed by atoms with E-state index in [9.17, 15) is 0 Å². The largest absolute Gasteiger partial charge is 0.0952 e. The normalized spacial score (nSPS) is 17.6. The van der Waals surface area contributed by atoms with Gasteiger partial charge in [0, 0.05) is 5.54 Å². The number of hydrogen-bond donors (Lipinski definition) is 0. The van der Waals surface area contributed by atoms with Crippen molar-refractivity contribution in [1.29, 1.82) is 0 Å². The maximum atomic E-state index is 2.51. The summed E-state index contributed by atoms with van der Waals surface area (Å²) in [6.07, 6.45) is 3.62. The summed E-state index contributed by atoms with van der Waals surface area (Å²) in [5, 5.41) is 1.65. The van der Waals surface area contributed by atoms with E-state index in [1.807, 2.05) is 0 Å². The van der Waals surface area contributed by atoms with Gasteiger partial charge in [-0.15, -0.1) is 0 Å². The summed E-state index contributed by atoms with van der Waals surface area (Å²) < 4.78 is 0. The molecule has 0 saturated heterocycles. The van der Waals surface area contributed by atoms with Gasteiger partial charge in [0.15, 0.2) is 0 Å². The first-order valence-electron chi connectivity index (χ1n) is 13.0. The number of fused-ring (bicyclic) bond motifs is 2. The standard InChI is InChI=1S/C32H42Si/c1-17(2)23-13-25-11-21(9)31(29(25)27(15-23)19(5)6)33-32-22(10)12-26-14-24(18(3)4)16-28(20(7)8)30(26)32/h11,13-20,31H,12H2,1-10H3. The molecule has 2 aromatic carbocycles. The van der Waals surface area contributed by atoms with Gasteiger partial charge in [0.1, 0.15) is 0 Å². The van der Waals surface area contributed by atoms with Crippen LogP contribution in [-0.2, 0) is 6.42 Å². The van der Waals surface area contributed by atoms with Gasteiger partial charge in [-0.25, -0.2) is 0 Å². The molecule has 0 saturated carbocycles. The molecule has 0 aromatic heterocycles. The molecule has 1 unspecified atom stereocenters. The molecule has 0 aliphatic heterocycles. The van der Waals surface area contributed by atoms with Crippen molar-refractivity contribution < 1.29 is 0 Å². The molecule has 0 bridgehead atoms. The van der Waals surface area contributed by atoms with E-state index in [1.165, 1.54) is 16.7 Å². The highest BCUT2D eigenvalue weighted by Crippen LogP contribution is 2.46. The lowest BCUT2D eigenvalue weighted by atomic mass is 9.88. The third kappa shape index (κ3) is 4.34.